The third-order valence-corrected chi connectivity index (χ3v) is 4.97. The molecule has 0 aliphatic carbocycles. The molecule has 3 aromatic rings. The van der Waals surface area contributed by atoms with E-state index in [1.54, 1.807) is 13.8 Å². The lowest BCUT2D eigenvalue weighted by molar-refractivity contribution is 0.0701. The van der Waals surface area contributed by atoms with Gasteiger partial charge in [-0.25, -0.2) is 14.8 Å². The van der Waals surface area contributed by atoms with Crippen molar-refractivity contribution in [3.05, 3.63) is 40.5 Å². The minimum atomic E-state index is -0.944. The van der Waals surface area contributed by atoms with Gasteiger partial charge in [0, 0.05) is 5.69 Å². The van der Waals surface area contributed by atoms with E-state index < -0.39 is 5.97 Å². The molecule has 0 aliphatic heterocycles. The number of aromatic carboxylic acids is 1. The minimum Gasteiger partial charge on any atom is -0.493 e. The van der Waals surface area contributed by atoms with Gasteiger partial charge in [0.2, 0.25) is 0 Å². The molecule has 0 spiro atoms. The summed E-state index contributed by atoms with van der Waals surface area (Å²) in [6.07, 6.45) is 0. The van der Waals surface area contributed by atoms with Crippen molar-refractivity contribution in [3.63, 3.8) is 0 Å². The molecule has 136 valence electrons. The fraction of sp³-hybridized carbons (Fsp3) is 0.316. The van der Waals surface area contributed by atoms with Gasteiger partial charge in [-0.3, -0.25) is 0 Å². The molecule has 0 fully saturated rings. The number of rotatable bonds is 6. The number of nitrogens with one attached hydrogen (secondary N) is 1. The van der Waals surface area contributed by atoms with Crippen LogP contribution >= 0.6 is 11.3 Å². The van der Waals surface area contributed by atoms with Crippen molar-refractivity contribution >= 4 is 39.0 Å². The van der Waals surface area contributed by atoms with Gasteiger partial charge in [-0.15, -0.1) is 11.3 Å². The average Bonchev–Trinajstić information content (AvgIpc) is 2.91. The van der Waals surface area contributed by atoms with Crippen LogP contribution in [0.25, 0.3) is 10.2 Å². The Balaban J connectivity index is 1.92. The van der Waals surface area contributed by atoms with Gasteiger partial charge >= 0.3 is 5.97 Å². The molecule has 0 amide bonds. The number of carboxylic acid groups (broad SMARTS) is 1. The summed E-state index contributed by atoms with van der Waals surface area (Å²) in [5, 5.41) is 13.4. The number of benzene rings is 1. The Morgan fingerprint density at radius 3 is 2.54 bits per heavy atom. The summed E-state index contributed by atoms with van der Waals surface area (Å²) in [6, 6.07) is 7.63. The summed E-state index contributed by atoms with van der Waals surface area (Å²) >= 11 is 1.17. The SMILES string of the molecule is Cc1nc(Nc2ccc(OCC(C)C)cc2)c2c(C)c(C(=O)O)sc2n1. The first kappa shape index (κ1) is 18.1. The number of aromatic nitrogens is 2. The van der Waals surface area contributed by atoms with Crippen LogP contribution in [-0.2, 0) is 0 Å². The van der Waals surface area contributed by atoms with Crippen LogP contribution < -0.4 is 10.1 Å². The molecule has 7 heteroatoms. The lowest BCUT2D eigenvalue weighted by Crippen LogP contribution is -2.04. The number of ether oxygens (including phenoxy) is 1. The molecule has 2 N–H and O–H groups in total. The third kappa shape index (κ3) is 3.77. The summed E-state index contributed by atoms with van der Waals surface area (Å²) in [6.45, 7) is 8.46. The maximum Gasteiger partial charge on any atom is 0.346 e. The van der Waals surface area contributed by atoms with Crippen LogP contribution in [0.4, 0.5) is 11.5 Å². The van der Waals surface area contributed by atoms with Crippen molar-refractivity contribution in [2.24, 2.45) is 5.92 Å². The number of carboxylic acids is 1. The zero-order valence-corrected chi connectivity index (χ0v) is 16.0. The first-order chi connectivity index (χ1) is 12.3. The number of anilines is 2. The number of carbonyl (C=O) groups is 1. The Morgan fingerprint density at radius 2 is 1.92 bits per heavy atom. The number of hydrogen-bond acceptors (Lipinski definition) is 6. The van der Waals surface area contributed by atoms with Crippen LogP contribution in [0.15, 0.2) is 24.3 Å². The van der Waals surface area contributed by atoms with Crippen molar-refractivity contribution in [3.8, 4) is 5.75 Å². The van der Waals surface area contributed by atoms with Crippen molar-refractivity contribution in [1.29, 1.82) is 0 Å². The van der Waals surface area contributed by atoms with Crippen LogP contribution in [0.2, 0.25) is 0 Å². The van der Waals surface area contributed by atoms with Gasteiger partial charge in [-0.2, -0.15) is 0 Å². The standard InChI is InChI=1S/C19H21N3O3S/c1-10(2)9-25-14-7-5-13(6-8-14)22-17-15-11(3)16(19(23)24)26-18(15)21-12(4)20-17/h5-8,10H,9H2,1-4H3,(H,23,24)(H,20,21,22). The largest absolute Gasteiger partial charge is 0.493 e. The minimum absolute atomic E-state index is 0.292. The normalized spacial score (nSPS) is 11.1. The van der Waals surface area contributed by atoms with Gasteiger partial charge in [0.15, 0.2) is 0 Å². The van der Waals surface area contributed by atoms with Gasteiger partial charge in [0.25, 0.3) is 0 Å². The highest BCUT2D eigenvalue weighted by Gasteiger charge is 2.19. The number of fused-ring (bicyclic) bond motifs is 1. The second-order valence-corrected chi connectivity index (χ2v) is 7.51. The molecule has 2 heterocycles. The smallest absolute Gasteiger partial charge is 0.346 e. The van der Waals surface area contributed by atoms with E-state index in [0.717, 1.165) is 16.8 Å². The monoisotopic (exact) mass is 371 g/mol. The van der Waals surface area contributed by atoms with Gasteiger partial charge in [-0.1, -0.05) is 13.8 Å². The highest BCUT2D eigenvalue weighted by molar-refractivity contribution is 7.20. The topological polar surface area (TPSA) is 84.3 Å². The Kier molecular flexibility index (Phi) is 5.08. The molecule has 1 aromatic carbocycles. The molecule has 3 rings (SSSR count). The predicted molar refractivity (Wildman–Crippen MR) is 104 cm³/mol. The quantitative estimate of drug-likeness (QED) is 0.648. The third-order valence-electron chi connectivity index (χ3n) is 3.80. The van der Waals surface area contributed by atoms with Gasteiger partial charge in [0.1, 0.15) is 27.1 Å². The molecule has 0 radical (unpaired) electrons. The highest BCUT2D eigenvalue weighted by Crippen LogP contribution is 2.35. The summed E-state index contributed by atoms with van der Waals surface area (Å²) in [7, 11) is 0. The fourth-order valence-corrected chi connectivity index (χ4v) is 3.64. The van der Waals surface area contributed by atoms with Crippen LogP contribution in [0.5, 0.6) is 5.75 Å². The summed E-state index contributed by atoms with van der Waals surface area (Å²) in [5.74, 6) is 1.55. The molecule has 0 atom stereocenters. The molecular weight excluding hydrogens is 350 g/mol. The van der Waals surface area contributed by atoms with Crippen LogP contribution in [0.3, 0.4) is 0 Å². The summed E-state index contributed by atoms with van der Waals surface area (Å²) in [5.41, 5.74) is 1.53. The first-order valence-corrected chi connectivity index (χ1v) is 9.17. The summed E-state index contributed by atoms with van der Waals surface area (Å²) in [4.78, 5) is 21.2. The van der Waals surface area contributed by atoms with E-state index in [2.05, 4.69) is 29.1 Å². The maximum absolute atomic E-state index is 11.4. The predicted octanol–water partition coefficient (Wildman–Crippen LogP) is 4.78. The molecular formula is C19H21N3O3S. The van der Waals surface area contributed by atoms with E-state index in [1.165, 1.54) is 11.3 Å². The number of nitrogens with zero attached hydrogens (tertiary/aromatic N) is 2. The molecule has 26 heavy (non-hydrogen) atoms. The number of hydrogen-bond donors (Lipinski definition) is 2. The van der Waals surface area contributed by atoms with E-state index in [1.807, 2.05) is 24.3 Å². The lowest BCUT2D eigenvalue weighted by atomic mass is 10.2. The van der Waals surface area contributed by atoms with Gasteiger partial charge in [0.05, 0.1) is 12.0 Å². The molecule has 0 unspecified atom stereocenters. The zero-order valence-electron chi connectivity index (χ0n) is 15.2. The Labute approximate surface area is 155 Å². The number of thiophene rings is 1. The second-order valence-electron chi connectivity index (χ2n) is 6.52. The van der Waals surface area contributed by atoms with E-state index in [9.17, 15) is 9.90 Å². The Bertz CT molecular complexity index is 949. The van der Waals surface area contributed by atoms with Crippen molar-refractivity contribution < 1.29 is 14.6 Å². The summed E-state index contributed by atoms with van der Waals surface area (Å²) < 4.78 is 5.69. The zero-order chi connectivity index (χ0) is 18.8. The maximum atomic E-state index is 11.4. The Morgan fingerprint density at radius 1 is 1.23 bits per heavy atom. The molecule has 6 nitrogen and oxygen atoms in total. The molecule has 0 saturated carbocycles. The second kappa shape index (κ2) is 7.29. The van der Waals surface area contributed by atoms with Gasteiger partial charge < -0.3 is 15.2 Å². The van der Waals surface area contributed by atoms with Crippen LogP contribution in [0.1, 0.15) is 34.9 Å². The molecule has 0 saturated heterocycles. The Hall–Kier alpha value is -2.67. The first-order valence-electron chi connectivity index (χ1n) is 8.36. The van der Waals surface area contributed by atoms with Crippen molar-refractivity contribution in [2.45, 2.75) is 27.7 Å². The van der Waals surface area contributed by atoms with E-state index >= 15 is 0 Å². The number of aryl methyl sites for hydroxylation is 2. The van der Waals surface area contributed by atoms with Crippen LogP contribution in [-0.4, -0.2) is 27.7 Å². The molecule has 0 bridgehead atoms. The van der Waals surface area contributed by atoms with Gasteiger partial charge in [-0.05, 0) is 49.6 Å². The fourth-order valence-electron chi connectivity index (χ4n) is 2.57. The highest BCUT2D eigenvalue weighted by atomic mass is 32.1. The van der Waals surface area contributed by atoms with E-state index in [-0.39, 0.29) is 0 Å². The van der Waals surface area contributed by atoms with E-state index in [0.29, 0.717) is 39.4 Å². The molecule has 2 aromatic heterocycles. The molecule has 0 aliphatic rings. The lowest BCUT2D eigenvalue weighted by Gasteiger charge is -2.11. The average molecular weight is 371 g/mol. The van der Waals surface area contributed by atoms with E-state index in [4.69, 9.17) is 4.74 Å². The van der Waals surface area contributed by atoms with Crippen molar-refractivity contribution in [2.75, 3.05) is 11.9 Å². The van der Waals surface area contributed by atoms with Crippen molar-refractivity contribution in [1.82, 2.24) is 9.97 Å². The van der Waals surface area contributed by atoms with Crippen LogP contribution in [0, 0.1) is 19.8 Å².